The topological polar surface area (TPSA) is 12.0 Å². The van der Waals surface area contributed by atoms with Gasteiger partial charge in [-0.3, -0.25) is 0 Å². The van der Waals surface area contributed by atoms with E-state index in [2.05, 4.69) is 5.32 Å². The van der Waals surface area contributed by atoms with Gasteiger partial charge in [-0.2, -0.15) is 26.3 Å². The minimum absolute atomic E-state index is 0.170. The molecule has 0 heterocycles. The smallest absolute Gasteiger partial charge is 0.310 e. The highest BCUT2D eigenvalue weighted by Crippen LogP contribution is 2.34. The fraction of sp³-hybridized carbons (Fsp3) is 0.500. The molecule has 1 aromatic rings. The van der Waals surface area contributed by atoms with Gasteiger partial charge in [0, 0.05) is 6.04 Å². The van der Waals surface area contributed by atoms with E-state index >= 15 is 0 Å². The number of nitrogens with one attached hydrogen (secondary N) is 1. The first-order valence-electron chi connectivity index (χ1n) is 5.71. The zero-order valence-electron chi connectivity index (χ0n) is 10.4. The minimum atomic E-state index is -4.87. The van der Waals surface area contributed by atoms with Gasteiger partial charge in [-0.15, -0.1) is 0 Å². The van der Waals surface area contributed by atoms with Crippen LogP contribution < -0.4 is 5.32 Å². The maximum absolute atomic E-state index is 13.4. The maximum atomic E-state index is 13.4. The number of alkyl halides is 6. The van der Waals surface area contributed by atoms with Crippen LogP contribution in [0.25, 0.3) is 0 Å². The van der Waals surface area contributed by atoms with Crippen molar-refractivity contribution in [1.29, 1.82) is 0 Å². The van der Waals surface area contributed by atoms with Gasteiger partial charge in [0.15, 0.2) is 0 Å². The Morgan fingerprint density at radius 3 is 2.10 bits per heavy atom. The third kappa shape index (κ3) is 4.66. The summed E-state index contributed by atoms with van der Waals surface area (Å²) in [6.45, 7) is 1.72. The Morgan fingerprint density at radius 1 is 1.10 bits per heavy atom. The van der Waals surface area contributed by atoms with Gasteiger partial charge in [0.05, 0.1) is 12.0 Å². The molecule has 1 aromatic carbocycles. The van der Waals surface area contributed by atoms with Gasteiger partial charge in [0.1, 0.15) is 5.82 Å². The van der Waals surface area contributed by atoms with Crippen LogP contribution in [0.15, 0.2) is 18.2 Å². The molecule has 0 saturated carbocycles. The average Bonchev–Trinajstić information content (AvgIpc) is 2.24. The third-order valence-corrected chi connectivity index (χ3v) is 2.59. The SMILES string of the molecule is CCNC(CC(F)(F)F)c1ccc(C(F)(F)F)c(F)c1. The second kappa shape index (κ2) is 5.99. The Kier molecular flexibility index (Phi) is 5.01. The lowest BCUT2D eigenvalue weighted by Gasteiger charge is -2.20. The molecule has 0 fully saturated rings. The molecule has 0 aliphatic heterocycles. The highest BCUT2D eigenvalue weighted by Gasteiger charge is 2.36. The van der Waals surface area contributed by atoms with Crippen LogP contribution in [0, 0.1) is 5.82 Å². The van der Waals surface area contributed by atoms with Crippen molar-refractivity contribution in [3.8, 4) is 0 Å². The Balaban J connectivity index is 3.07. The summed E-state index contributed by atoms with van der Waals surface area (Å²) in [6.07, 6.45) is -10.7. The van der Waals surface area contributed by atoms with Crippen LogP contribution in [0.3, 0.4) is 0 Å². The Morgan fingerprint density at radius 2 is 1.70 bits per heavy atom. The van der Waals surface area contributed by atoms with E-state index in [0.717, 1.165) is 6.07 Å². The Labute approximate surface area is 110 Å². The molecule has 0 saturated heterocycles. The molecule has 0 radical (unpaired) electrons. The van der Waals surface area contributed by atoms with Crippen LogP contribution in [0.4, 0.5) is 30.7 Å². The number of rotatable bonds is 4. The van der Waals surface area contributed by atoms with Gasteiger partial charge in [-0.25, -0.2) is 4.39 Å². The van der Waals surface area contributed by atoms with E-state index in [1.165, 1.54) is 0 Å². The second-order valence-corrected chi connectivity index (χ2v) is 4.17. The summed E-state index contributed by atoms with van der Waals surface area (Å²) in [6, 6.07) is 0.509. The third-order valence-electron chi connectivity index (χ3n) is 2.59. The van der Waals surface area contributed by atoms with Crippen molar-refractivity contribution in [2.24, 2.45) is 0 Å². The van der Waals surface area contributed by atoms with Gasteiger partial charge < -0.3 is 5.32 Å². The Bertz CT molecular complexity index is 450. The number of halogens is 7. The molecular formula is C12H12F7N. The van der Waals surface area contributed by atoms with Crippen molar-refractivity contribution < 1.29 is 30.7 Å². The number of hydrogen-bond acceptors (Lipinski definition) is 1. The van der Waals surface area contributed by atoms with Crippen molar-refractivity contribution in [3.05, 3.63) is 35.1 Å². The van der Waals surface area contributed by atoms with Gasteiger partial charge in [0.2, 0.25) is 0 Å². The molecule has 0 aromatic heterocycles. The summed E-state index contributed by atoms with van der Waals surface area (Å²) in [7, 11) is 0. The van der Waals surface area contributed by atoms with Crippen molar-refractivity contribution >= 4 is 0 Å². The molecule has 1 N–H and O–H groups in total. The zero-order chi connectivity index (χ0) is 15.6. The summed E-state index contributed by atoms with van der Waals surface area (Å²) in [5, 5.41) is 2.47. The van der Waals surface area contributed by atoms with E-state index in [1.807, 2.05) is 0 Å². The molecular weight excluding hydrogens is 291 g/mol. The first kappa shape index (κ1) is 16.7. The Hall–Kier alpha value is -1.31. The first-order valence-corrected chi connectivity index (χ1v) is 5.71. The summed E-state index contributed by atoms with van der Waals surface area (Å²) in [5.41, 5.74) is -1.67. The van der Waals surface area contributed by atoms with E-state index in [0.29, 0.717) is 12.1 Å². The van der Waals surface area contributed by atoms with Crippen LogP contribution >= 0.6 is 0 Å². The van der Waals surface area contributed by atoms with E-state index in [4.69, 9.17) is 0 Å². The second-order valence-electron chi connectivity index (χ2n) is 4.17. The van der Waals surface area contributed by atoms with Crippen LogP contribution in [0.2, 0.25) is 0 Å². The molecule has 0 spiro atoms. The molecule has 1 atom stereocenters. The van der Waals surface area contributed by atoms with Gasteiger partial charge in [-0.05, 0) is 24.2 Å². The van der Waals surface area contributed by atoms with Gasteiger partial charge in [-0.1, -0.05) is 13.0 Å². The largest absolute Gasteiger partial charge is 0.419 e. The summed E-state index contributed by atoms with van der Waals surface area (Å²) in [4.78, 5) is 0. The standard InChI is InChI=1S/C12H12F7N/c1-2-20-10(6-11(14,15)16)7-3-4-8(9(13)5-7)12(17,18)19/h3-5,10,20H,2,6H2,1H3. The van der Waals surface area contributed by atoms with E-state index in [1.54, 1.807) is 6.92 Å². The van der Waals surface area contributed by atoms with Crippen LogP contribution in [-0.4, -0.2) is 12.7 Å². The molecule has 0 aliphatic rings. The van der Waals surface area contributed by atoms with Gasteiger partial charge >= 0.3 is 12.4 Å². The highest BCUT2D eigenvalue weighted by atomic mass is 19.4. The lowest BCUT2D eigenvalue weighted by atomic mass is 10.0. The lowest BCUT2D eigenvalue weighted by molar-refractivity contribution is -0.142. The normalized spacial score (nSPS) is 14.4. The quantitative estimate of drug-likeness (QED) is 0.810. The van der Waals surface area contributed by atoms with Crippen LogP contribution in [0.1, 0.15) is 30.5 Å². The van der Waals surface area contributed by atoms with Crippen molar-refractivity contribution in [2.45, 2.75) is 31.7 Å². The molecule has 0 bridgehead atoms. The van der Waals surface area contributed by atoms with Crippen molar-refractivity contribution in [1.82, 2.24) is 5.32 Å². The predicted octanol–water partition coefficient (Wildman–Crippen LogP) is 4.45. The molecule has 114 valence electrons. The van der Waals surface area contributed by atoms with E-state index in [-0.39, 0.29) is 12.1 Å². The fourth-order valence-corrected chi connectivity index (χ4v) is 1.76. The number of benzene rings is 1. The summed E-state index contributed by atoms with van der Waals surface area (Å²) < 4.78 is 87.6. The molecule has 0 aliphatic carbocycles. The minimum Gasteiger partial charge on any atom is -0.310 e. The van der Waals surface area contributed by atoms with Crippen molar-refractivity contribution in [3.63, 3.8) is 0 Å². The van der Waals surface area contributed by atoms with E-state index < -0.39 is 36.2 Å². The molecule has 20 heavy (non-hydrogen) atoms. The first-order chi connectivity index (χ1) is 9.04. The van der Waals surface area contributed by atoms with Crippen LogP contribution in [-0.2, 0) is 6.18 Å². The van der Waals surface area contributed by atoms with E-state index in [9.17, 15) is 30.7 Å². The molecule has 1 rings (SSSR count). The average molecular weight is 303 g/mol. The molecule has 8 heteroatoms. The lowest BCUT2D eigenvalue weighted by Crippen LogP contribution is -2.26. The predicted molar refractivity (Wildman–Crippen MR) is 58.5 cm³/mol. The zero-order valence-corrected chi connectivity index (χ0v) is 10.4. The van der Waals surface area contributed by atoms with Crippen molar-refractivity contribution in [2.75, 3.05) is 6.54 Å². The fourth-order valence-electron chi connectivity index (χ4n) is 1.76. The highest BCUT2D eigenvalue weighted by molar-refractivity contribution is 5.28. The molecule has 1 unspecified atom stereocenters. The maximum Gasteiger partial charge on any atom is 0.419 e. The molecule has 1 nitrogen and oxygen atoms in total. The van der Waals surface area contributed by atoms with Gasteiger partial charge in [0.25, 0.3) is 0 Å². The molecule has 0 amide bonds. The monoisotopic (exact) mass is 303 g/mol. The number of hydrogen-bond donors (Lipinski definition) is 1. The summed E-state index contributed by atoms with van der Waals surface area (Å²) >= 11 is 0. The summed E-state index contributed by atoms with van der Waals surface area (Å²) in [5.74, 6) is -1.58. The van der Waals surface area contributed by atoms with Crippen LogP contribution in [0.5, 0.6) is 0 Å².